The fourth-order valence-electron chi connectivity index (χ4n) is 7.68. The minimum atomic E-state index is -2.28. The number of hydrogen-bond donors (Lipinski definition) is 6. The van der Waals surface area contributed by atoms with Crippen LogP contribution in [0.15, 0.2) is 18.2 Å². The molecule has 0 unspecified atom stereocenters. The van der Waals surface area contributed by atoms with Crippen LogP contribution in [0.1, 0.15) is 82.2 Å². The quantitative estimate of drug-likeness (QED) is 0.176. The van der Waals surface area contributed by atoms with Gasteiger partial charge in [-0.25, -0.2) is 0 Å². The predicted molar refractivity (Wildman–Crippen MR) is 171 cm³/mol. The van der Waals surface area contributed by atoms with Gasteiger partial charge in [0.1, 0.15) is 41.7 Å². The maximum absolute atomic E-state index is 13.9. The zero-order valence-corrected chi connectivity index (χ0v) is 28.4. The van der Waals surface area contributed by atoms with Gasteiger partial charge in [-0.1, -0.05) is 12.1 Å². The molecule has 2 heterocycles. The molecule has 15 nitrogen and oxygen atoms in total. The van der Waals surface area contributed by atoms with Crippen molar-refractivity contribution in [1.82, 2.24) is 4.90 Å². The molecule has 2 aliphatic carbocycles. The molecule has 6 rings (SSSR count). The van der Waals surface area contributed by atoms with Crippen molar-refractivity contribution in [2.24, 2.45) is 0 Å². The average Bonchev–Trinajstić information content (AvgIpc) is 3.07. The number of phenols is 2. The highest BCUT2D eigenvalue weighted by Gasteiger charge is 2.51. The van der Waals surface area contributed by atoms with Crippen molar-refractivity contribution in [3.8, 4) is 17.2 Å². The van der Waals surface area contributed by atoms with E-state index in [-0.39, 0.29) is 46.9 Å². The molecular formula is C35H43NO14. The molecule has 50 heavy (non-hydrogen) atoms. The number of aliphatic hydroxyl groups excluding tert-OH is 3. The molecule has 6 N–H and O–H groups in total. The number of ether oxygens (including phenoxy) is 5. The van der Waals surface area contributed by atoms with E-state index in [0.29, 0.717) is 0 Å². The molecule has 272 valence electrons. The summed E-state index contributed by atoms with van der Waals surface area (Å²) in [6.45, 7) is 2.34. The first-order valence-electron chi connectivity index (χ1n) is 16.5. The molecule has 2 aromatic rings. The molecule has 0 radical (unpaired) electrons. The van der Waals surface area contributed by atoms with Crippen molar-refractivity contribution in [2.75, 3.05) is 27.8 Å². The number of rotatable bonds is 8. The summed E-state index contributed by atoms with van der Waals surface area (Å²) in [7, 11) is 4.96. The van der Waals surface area contributed by atoms with Crippen LogP contribution in [0.5, 0.6) is 17.2 Å². The molecule has 15 heteroatoms. The van der Waals surface area contributed by atoms with Crippen LogP contribution >= 0.6 is 0 Å². The number of phenolic OH excluding ortho intramolecular Hbond substituents is 2. The Morgan fingerprint density at radius 3 is 2.26 bits per heavy atom. The van der Waals surface area contributed by atoms with Crippen molar-refractivity contribution < 1.29 is 68.7 Å². The summed E-state index contributed by atoms with van der Waals surface area (Å²) in [5.41, 5.74) is -3.68. The van der Waals surface area contributed by atoms with Gasteiger partial charge in [-0.2, -0.15) is 0 Å². The highest BCUT2D eigenvalue weighted by atomic mass is 16.7. The number of ketones is 3. The number of nitrogens with zero attached hydrogens (tertiary/aromatic N) is 1. The average molecular weight is 702 g/mol. The van der Waals surface area contributed by atoms with E-state index in [9.17, 15) is 45.0 Å². The van der Waals surface area contributed by atoms with Gasteiger partial charge in [0.25, 0.3) is 0 Å². The van der Waals surface area contributed by atoms with Crippen molar-refractivity contribution in [3.63, 3.8) is 0 Å². The molecule has 0 bridgehead atoms. The number of hydrogen-bond acceptors (Lipinski definition) is 15. The van der Waals surface area contributed by atoms with E-state index >= 15 is 0 Å². The third-order valence-corrected chi connectivity index (χ3v) is 10.3. The Morgan fingerprint density at radius 1 is 0.960 bits per heavy atom. The third-order valence-electron chi connectivity index (χ3n) is 10.3. The van der Waals surface area contributed by atoms with Crippen LogP contribution in [0.3, 0.4) is 0 Å². The molecule has 2 saturated heterocycles. The summed E-state index contributed by atoms with van der Waals surface area (Å²) in [6.07, 6.45) is -8.14. The van der Waals surface area contributed by atoms with Gasteiger partial charge in [-0.05, 0) is 34.0 Å². The first kappa shape index (κ1) is 36.3. The zero-order chi connectivity index (χ0) is 36.4. The summed E-state index contributed by atoms with van der Waals surface area (Å²) in [5, 5.41) is 65.1. The number of carbonyl (C=O) groups is 3. The van der Waals surface area contributed by atoms with E-state index in [1.807, 2.05) is 19.0 Å². The van der Waals surface area contributed by atoms with Crippen molar-refractivity contribution in [1.29, 1.82) is 0 Å². The van der Waals surface area contributed by atoms with Crippen LogP contribution in [0, 0.1) is 0 Å². The molecule has 2 fully saturated rings. The number of methoxy groups -OCH3 is 1. The van der Waals surface area contributed by atoms with Gasteiger partial charge in [0.05, 0.1) is 48.2 Å². The Hall–Kier alpha value is -3.51. The van der Waals surface area contributed by atoms with Gasteiger partial charge < -0.3 is 59.2 Å². The topological polar surface area (TPSA) is 222 Å². The highest BCUT2D eigenvalue weighted by Crippen LogP contribution is 2.52. The third kappa shape index (κ3) is 5.99. The van der Waals surface area contributed by atoms with E-state index in [2.05, 4.69) is 0 Å². The minimum absolute atomic E-state index is 0.0375. The second-order valence-electron chi connectivity index (χ2n) is 13.7. The first-order chi connectivity index (χ1) is 23.6. The Labute approximate surface area is 287 Å². The fraction of sp³-hybridized carbons (Fsp3) is 0.571. The molecule has 2 aliphatic heterocycles. The highest BCUT2D eigenvalue weighted by molar-refractivity contribution is 6.31. The van der Waals surface area contributed by atoms with Crippen molar-refractivity contribution in [2.45, 2.75) is 100 Å². The summed E-state index contributed by atoms with van der Waals surface area (Å²) < 4.78 is 30.0. The van der Waals surface area contributed by atoms with Crippen molar-refractivity contribution in [3.05, 3.63) is 51.6 Å². The fourth-order valence-corrected chi connectivity index (χ4v) is 7.68. The molecule has 0 saturated carbocycles. The maximum Gasteiger partial charge on any atom is 0.202 e. The van der Waals surface area contributed by atoms with Gasteiger partial charge in [-0.15, -0.1) is 0 Å². The maximum atomic E-state index is 13.9. The number of Topliss-reactive ketones (excluding diaryl/α,β-unsaturated/α-hetero) is 1. The SMILES string of the molecule is COc1cccc2c1C(=O)c1c(O)c3c(c(O)c1C2=O)C[C@@](O)(C(=O)CO)C[C@@H]3O[C@H]1C[C@H](N(C)C)[C@H](O[C@H]2C[C@H](O)[C@H](O)[C@H](C)O2)[C@H](C)O1. The monoisotopic (exact) mass is 701 g/mol. The van der Waals surface area contributed by atoms with Crippen LogP contribution in [0.2, 0.25) is 0 Å². The lowest BCUT2D eigenvalue weighted by atomic mass is 9.72. The summed E-state index contributed by atoms with van der Waals surface area (Å²) >= 11 is 0. The second-order valence-corrected chi connectivity index (χ2v) is 13.7. The lowest BCUT2D eigenvalue weighted by molar-refractivity contribution is -0.310. The number of benzene rings is 2. The van der Waals surface area contributed by atoms with Gasteiger partial charge >= 0.3 is 0 Å². The Balaban J connectivity index is 1.36. The van der Waals surface area contributed by atoms with Crippen LogP contribution in [-0.2, 0) is 30.2 Å². The predicted octanol–water partition coefficient (Wildman–Crippen LogP) is 0.485. The Morgan fingerprint density at radius 2 is 1.62 bits per heavy atom. The standard InChI is InChI=1S/C35H43NO14/c1-14-29(40)19(38)10-24(47-14)50-34-15(2)48-23(9-18(34)36(3)4)49-21-12-35(45,22(39)13-37)11-17-26(21)33(44)28-27(31(17)42)30(41)16-7-6-8-20(46-5)25(16)32(28)43/h6-8,14-15,18-19,21,23-24,29,34,37-38,40,42,44-45H,9-13H2,1-5H3/t14-,15-,18-,19-,21-,23-,24-,29+,34+,35-/m0/s1. The Kier molecular flexibility index (Phi) is 9.84. The first-order valence-corrected chi connectivity index (χ1v) is 16.5. The molecule has 0 spiro atoms. The van der Waals surface area contributed by atoms with E-state index in [1.54, 1.807) is 13.8 Å². The smallest absolute Gasteiger partial charge is 0.202 e. The summed E-state index contributed by atoms with van der Waals surface area (Å²) in [4.78, 5) is 42.5. The largest absolute Gasteiger partial charge is 0.507 e. The molecule has 4 aliphatic rings. The number of carbonyl (C=O) groups excluding carboxylic acids is 3. The molecule has 2 aromatic carbocycles. The second kappa shape index (κ2) is 13.6. The number of aromatic hydroxyl groups is 2. The Bertz CT molecular complexity index is 1680. The molecule has 0 aromatic heterocycles. The van der Waals surface area contributed by atoms with E-state index in [4.69, 9.17) is 23.7 Å². The van der Waals surface area contributed by atoms with Gasteiger partial charge in [0.15, 0.2) is 24.1 Å². The van der Waals surface area contributed by atoms with Crippen LogP contribution in [0.4, 0.5) is 0 Å². The number of likely N-dealkylation sites (N-methyl/N-ethyl adjacent to an activating group) is 1. The van der Waals surface area contributed by atoms with E-state index < -0.39 is 114 Å². The van der Waals surface area contributed by atoms with Crippen LogP contribution in [0.25, 0.3) is 0 Å². The van der Waals surface area contributed by atoms with E-state index in [0.717, 1.165) is 0 Å². The zero-order valence-electron chi connectivity index (χ0n) is 28.4. The lowest BCUT2D eigenvalue weighted by Crippen LogP contribution is -2.57. The van der Waals surface area contributed by atoms with Gasteiger partial charge in [0.2, 0.25) is 5.78 Å². The van der Waals surface area contributed by atoms with Gasteiger partial charge in [-0.3, -0.25) is 14.4 Å². The molecular weight excluding hydrogens is 658 g/mol. The summed E-state index contributed by atoms with van der Waals surface area (Å²) in [5.74, 6) is -3.80. The van der Waals surface area contributed by atoms with E-state index in [1.165, 1.54) is 25.3 Å². The van der Waals surface area contributed by atoms with Crippen LogP contribution in [-0.4, -0.2) is 135 Å². The molecule has 10 atom stereocenters. The van der Waals surface area contributed by atoms with Crippen molar-refractivity contribution >= 4 is 17.3 Å². The molecule has 0 amide bonds. The number of fused-ring (bicyclic) bond motifs is 3. The normalized spacial score (nSPS) is 33.8. The summed E-state index contributed by atoms with van der Waals surface area (Å²) in [6, 6.07) is 4.01. The van der Waals surface area contributed by atoms with Crippen LogP contribution < -0.4 is 4.74 Å². The minimum Gasteiger partial charge on any atom is -0.507 e. The van der Waals surface area contributed by atoms with Gasteiger partial charge in [0, 0.05) is 48.4 Å². The lowest BCUT2D eigenvalue weighted by Gasteiger charge is -2.47. The number of aliphatic hydroxyl groups is 4.